The van der Waals surface area contributed by atoms with Gasteiger partial charge in [0.05, 0.1) is 0 Å². The number of rotatable bonds is 5. The fraction of sp³-hybridized carbons (Fsp3) is 0.500. The normalized spacial score (nSPS) is 13.1. The minimum Gasteiger partial charge on any atom is -0.324 e. The third kappa shape index (κ3) is 3.77. The van der Waals surface area contributed by atoms with Gasteiger partial charge in [0.15, 0.2) is 0 Å². The zero-order valence-corrected chi connectivity index (χ0v) is 10.9. The monoisotopic (exact) mass is 242 g/mol. The molecule has 4 heteroatoms. The third-order valence-electron chi connectivity index (χ3n) is 2.27. The van der Waals surface area contributed by atoms with E-state index in [2.05, 4.69) is 4.90 Å². The van der Waals surface area contributed by atoms with Gasteiger partial charge in [0, 0.05) is 23.2 Å². The van der Waals surface area contributed by atoms with E-state index < -0.39 is 0 Å². The van der Waals surface area contributed by atoms with Crippen LogP contribution in [0.4, 0.5) is 4.39 Å². The van der Waals surface area contributed by atoms with Gasteiger partial charge in [-0.05, 0) is 32.6 Å². The molecule has 0 aromatic heterocycles. The second-order valence-electron chi connectivity index (χ2n) is 4.10. The second-order valence-corrected chi connectivity index (χ2v) is 5.20. The Kier molecular flexibility index (Phi) is 5.25. The van der Waals surface area contributed by atoms with Gasteiger partial charge in [-0.3, -0.25) is 0 Å². The van der Waals surface area contributed by atoms with E-state index in [1.54, 1.807) is 6.07 Å². The van der Waals surface area contributed by atoms with Crippen molar-refractivity contribution >= 4 is 11.8 Å². The molecule has 1 aromatic rings. The number of benzene rings is 1. The molecule has 0 radical (unpaired) electrons. The smallest absolute Gasteiger partial charge is 0.137 e. The van der Waals surface area contributed by atoms with Crippen molar-refractivity contribution in [3.8, 4) is 0 Å². The first kappa shape index (κ1) is 13.5. The molecule has 0 saturated heterocycles. The van der Waals surface area contributed by atoms with Crippen LogP contribution in [-0.4, -0.2) is 31.3 Å². The summed E-state index contributed by atoms with van der Waals surface area (Å²) in [5.41, 5.74) is 6.72. The van der Waals surface area contributed by atoms with Gasteiger partial charge in [0.1, 0.15) is 5.82 Å². The van der Waals surface area contributed by atoms with Crippen molar-refractivity contribution in [1.29, 1.82) is 0 Å². The molecule has 1 atom stereocenters. The summed E-state index contributed by atoms with van der Waals surface area (Å²) in [4.78, 5) is 2.78. The van der Waals surface area contributed by atoms with Crippen LogP contribution in [0.2, 0.25) is 0 Å². The fourth-order valence-corrected chi connectivity index (χ4v) is 2.65. The van der Waals surface area contributed by atoms with Crippen molar-refractivity contribution in [3.05, 3.63) is 29.6 Å². The molecule has 0 fully saturated rings. The molecule has 0 spiro atoms. The molecule has 1 aromatic carbocycles. The van der Waals surface area contributed by atoms with Crippen LogP contribution >= 0.6 is 11.8 Å². The van der Waals surface area contributed by atoms with Gasteiger partial charge >= 0.3 is 0 Å². The molecule has 0 aliphatic carbocycles. The lowest BCUT2D eigenvalue weighted by Gasteiger charge is -2.14. The second kappa shape index (κ2) is 6.23. The number of halogens is 1. The molecule has 1 rings (SSSR count). The van der Waals surface area contributed by atoms with Crippen LogP contribution in [0.3, 0.4) is 0 Å². The minimum atomic E-state index is -0.168. The summed E-state index contributed by atoms with van der Waals surface area (Å²) in [5.74, 6) is 0.701. The molecular weight excluding hydrogens is 223 g/mol. The van der Waals surface area contributed by atoms with E-state index in [1.165, 1.54) is 17.8 Å². The molecule has 1 unspecified atom stereocenters. The van der Waals surface area contributed by atoms with Crippen molar-refractivity contribution < 1.29 is 4.39 Å². The van der Waals surface area contributed by atoms with Crippen molar-refractivity contribution in [1.82, 2.24) is 4.90 Å². The first-order valence-corrected chi connectivity index (χ1v) is 6.32. The van der Waals surface area contributed by atoms with Crippen molar-refractivity contribution in [2.24, 2.45) is 5.73 Å². The van der Waals surface area contributed by atoms with Crippen molar-refractivity contribution in [2.75, 3.05) is 26.4 Å². The molecule has 16 heavy (non-hydrogen) atoms. The maximum absolute atomic E-state index is 13.6. The number of nitrogens with two attached hydrogens (primary N) is 1. The Labute approximate surface area is 101 Å². The molecule has 2 N–H and O–H groups in total. The summed E-state index contributed by atoms with van der Waals surface area (Å²) < 4.78 is 13.6. The SMILES string of the molecule is CC(N)c1cccc(F)c1SCCN(C)C. The Hall–Kier alpha value is -0.580. The zero-order chi connectivity index (χ0) is 12.1. The molecule has 90 valence electrons. The lowest BCUT2D eigenvalue weighted by Crippen LogP contribution is -2.15. The largest absolute Gasteiger partial charge is 0.324 e. The number of hydrogen-bond donors (Lipinski definition) is 1. The van der Waals surface area contributed by atoms with Crippen LogP contribution in [0.25, 0.3) is 0 Å². The van der Waals surface area contributed by atoms with E-state index in [9.17, 15) is 4.39 Å². The van der Waals surface area contributed by atoms with Crippen molar-refractivity contribution in [2.45, 2.75) is 17.9 Å². The van der Waals surface area contributed by atoms with Crippen molar-refractivity contribution in [3.63, 3.8) is 0 Å². The lowest BCUT2D eigenvalue weighted by molar-refractivity contribution is 0.437. The summed E-state index contributed by atoms with van der Waals surface area (Å²) in [6.07, 6.45) is 0. The highest BCUT2D eigenvalue weighted by Crippen LogP contribution is 2.29. The topological polar surface area (TPSA) is 29.3 Å². The zero-order valence-electron chi connectivity index (χ0n) is 10.0. The van der Waals surface area contributed by atoms with E-state index in [0.29, 0.717) is 4.90 Å². The van der Waals surface area contributed by atoms with Crippen LogP contribution in [-0.2, 0) is 0 Å². The minimum absolute atomic E-state index is 0.127. The molecule has 0 aliphatic rings. The van der Waals surface area contributed by atoms with Gasteiger partial charge in [-0.2, -0.15) is 0 Å². The molecule has 2 nitrogen and oxygen atoms in total. The highest BCUT2D eigenvalue weighted by atomic mass is 32.2. The van der Waals surface area contributed by atoms with Crippen LogP contribution in [0.15, 0.2) is 23.1 Å². The summed E-state index contributed by atoms with van der Waals surface area (Å²) in [6.45, 7) is 2.81. The number of hydrogen-bond acceptors (Lipinski definition) is 3. The predicted molar refractivity (Wildman–Crippen MR) is 68.3 cm³/mol. The number of thioether (sulfide) groups is 1. The summed E-state index contributed by atoms with van der Waals surface area (Å²) in [6, 6.07) is 4.97. The maximum Gasteiger partial charge on any atom is 0.137 e. The fourth-order valence-electron chi connectivity index (χ4n) is 1.37. The Balaban J connectivity index is 2.76. The molecule has 0 bridgehead atoms. The quantitative estimate of drug-likeness (QED) is 0.804. The Morgan fingerprint density at radius 2 is 2.12 bits per heavy atom. The van der Waals surface area contributed by atoms with Crippen LogP contribution < -0.4 is 5.73 Å². The maximum atomic E-state index is 13.6. The van der Waals surface area contributed by atoms with E-state index in [1.807, 2.05) is 27.1 Å². The van der Waals surface area contributed by atoms with E-state index >= 15 is 0 Å². The van der Waals surface area contributed by atoms with Gasteiger partial charge in [0.2, 0.25) is 0 Å². The van der Waals surface area contributed by atoms with Gasteiger partial charge in [0.25, 0.3) is 0 Å². The first-order chi connectivity index (χ1) is 7.52. The van der Waals surface area contributed by atoms with Gasteiger partial charge in [-0.25, -0.2) is 4.39 Å². The van der Waals surface area contributed by atoms with Crippen LogP contribution in [0.5, 0.6) is 0 Å². The summed E-state index contributed by atoms with van der Waals surface area (Å²) >= 11 is 1.53. The van der Waals surface area contributed by atoms with Crippen LogP contribution in [0.1, 0.15) is 18.5 Å². The summed E-state index contributed by atoms with van der Waals surface area (Å²) in [7, 11) is 4.02. The molecule has 0 heterocycles. The van der Waals surface area contributed by atoms with E-state index in [4.69, 9.17) is 5.73 Å². The molecular formula is C12H19FN2S. The average Bonchev–Trinajstić information content (AvgIpc) is 2.19. The summed E-state index contributed by atoms with van der Waals surface area (Å²) in [5, 5.41) is 0. The highest BCUT2D eigenvalue weighted by Gasteiger charge is 2.11. The Morgan fingerprint density at radius 3 is 2.69 bits per heavy atom. The Bertz CT molecular complexity index is 340. The van der Waals surface area contributed by atoms with Gasteiger partial charge in [-0.15, -0.1) is 11.8 Å². The Morgan fingerprint density at radius 1 is 1.44 bits per heavy atom. The number of nitrogens with zero attached hydrogens (tertiary/aromatic N) is 1. The standard InChI is InChI=1S/C12H19FN2S/c1-9(14)10-5-4-6-11(13)12(10)16-8-7-15(2)3/h4-6,9H,7-8,14H2,1-3H3. The highest BCUT2D eigenvalue weighted by molar-refractivity contribution is 7.99. The van der Waals surface area contributed by atoms with Crippen LogP contribution in [0, 0.1) is 5.82 Å². The van der Waals surface area contributed by atoms with Gasteiger partial charge < -0.3 is 10.6 Å². The van der Waals surface area contributed by atoms with E-state index in [-0.39, 0.29) is 11.9 Å². The van der Waals surface area contributed by atoms with Gasteiger partial charge in [-0.1, -0.05) is 12.1 Å². The molecule has 0 aliphatic heterocycles. The average molecular weight is 242 g/mol. The molecule has 0 amide bonds. The molecule has 0 saturated carbocycles. The lowest BCUT2D eigenvalue weighted by atomic mass is 10.1. The van der Waals surface area contributed by atoms with E-state index in [0.717, 1.165) is 17.9 Å². The predicted octanol–water partition coefficient (Wildman–Crippen LogP) is 2.50. The third-order valence-corrected chi connectivity index (χ3v) is 3.38. The first-order valence-electron chi connectivity index (χ1n) is 5.34.